The molecule has 1 aromatic carbocycles. The van der Waals surface area contributed by atoms with E-state index in [2.05, 4.69) is 15.6 Å². The second-order valence-electron chi connectivity index (χ2n) is 5.51. The molecule has 0 bridgehead atoms. The molecule has 2 aromatic rings. The second kappa shape index (κ2) is 6.60. The van der Waals surface area contributed by atoms with Gasteiger partial charge in [0.2, 0.25) is 0 Å². The van der Waals surface area contributed by atoms with E-state index in [1.165, 1.54) is 0 Å². The Bertz CT molecular complexity index is 628. The van der Waals surface area contributed by atoms with Crippen LogP contribution in [-0.4, -0.2) is 38.9 Å². The van der Waals surface area contributed by atoms with Crippen molar-refractivity contribution in [1.29, 1.82) is 0 Å². The third-order valence-electron chi connectivity index (χ3n) is 3.93. The van der Waals surface area contributed by atoms with Crippen LogP contribution in [0.25, 0.3) is 0 Å². The van der Waals surface area contributed by atoms with Crippen molar-refractivity contribution in [2.75, 3.05) is 18.4 Å². The summed E-state index contributed by atoms with van der Waals surface area (Å²) in [6.07, 6.45) is 4.11. The zero-order valence-electron chi connectivity index (χ0n) is 12.8. The average Bonchev–Trinajstić information content (AvgIpc) is 3.24. The molecule has 0 aliphatic carbocycles. The number of hydrogen-bond acceptors (Lipinski definition) is 4. The highest BCUT2D eigenvalue weighted by molar-refractivity contribution is 5.94. The van der Waals surface area contributed by atoms with Crippen LogP contribution in [-0.2, 0) is 13.1 Å². The van der Waals surface area contributed by atoms with Gasteiger partial charge in [-0.25, -0.2) is 0 Å². The van der Waals surface area contributed by atoms with Crippen LogP contribution in [0.3, 0.4) is 0 Å². The van der Waals surface area contributed by atoms with E-state index in [4.69, 9.17) is 0 Å². The number of likely N-dealkylation sites (tertiary alicyclic amines) is 1. The van der Waals surface area contributed by atoms with Gasteiger partial charge < -0.3 is 10.2 Å². The number of amides is 1. The third-order valence-corrected chi connectivity index (χ3v) is 3.93. The van der Waals surface area contributed by atoms with E-state index in [1.54, 1.807) is 4.68 Å². The maximum Gasteiger partial charge on any atom is 0.253 e. The molecule has 0 unspecified atom stereocenters. The summed E-state index contributed by atoms with van der Waals surface area (Å²) in [5, 5.41) is 11.3. The predicted octanol–water partition coefficient (Wildman–Crippen LogP) is 2.15. The van der Waals surface area contributed by atoms with Crippen molar-refractivity contribution in [2.45, 2.75) is 32.9 Å². The van der Waals surface area contributed by atoms with Gasteiger partial charge in [-0.2, -0.15) is 0 Å². The minimum Gasteiger partial charge on any atom is -0.363 e. The van der Waals surface area contributed by atoms with Crippen LogP contribution in [0, 0.1) is 0 Å². The SMILES string of the molecule is CCn1cc(NCc2ccc(C(=O)N3CCCC3)cc2)nn1. The predicted molar refractivity (Wildman–Crippen MR) is 84.6 cm³/mol. The Hall–Kier alpha value is -2.37. The van der Waals surface area contributed by atoms with Gasteiger partial charge in [0.15, 0.2) is 5.82 Å². The van der Waals surface area contributed by atoms with Gasteiger partial charge >= 0.3 is 0 Å². The molecule has 1 fully saturated rings. The van der Waals surface area contributed by atoms with Crippen LogP contribution in [0.4, 0.5) is 5.82 Å². The highest BCUT2D eigenvalue weighted by Crippen LogP contribution is 2.14. The molecule has 116 valence electrons. The van der Waals surface area contributed by atoms with Crippen LogP contribution >= 0.6 is 0 Å². The molecule has 0 radical (unpaired) electrons. The van der Waals surface area contributed by atoms with Gasteiger partial charge in [0.05, 0.1) is 6.20 Å². The van der Waals surface area contributed by atoms with Gasteiger partial charge in [-0.05, 0) is 37.5 Å². The Balaban J connectivity index is 1.57. The number of aromatic nitrogens is 3. The Morgan fingerprint density at radius 1 is 1.23 bits per heavy atom. The number of anilines is 1. The number of carbonyl (C=O) groups excluding carboxylic acids is 1. The van der Waals surface area contributed by atoms with Crippen molar-refractivity contribution in [3.8, 4) is 0 Å². The molecule has 3 rings (SSSR count). The summed E-state index contributed by atoms with van der Waals surface area (Å²) in [5.74, 6) is 0.905. The van der Waals surface area contributed by atoms with Crippen molar-refractivity contribution < 1.29 is 4.79 Å². The van der Waals surface area contributed by atoms with E-state index in [1.807, 2.05) is 42.3 Å². The third kappa shape index (κ3) is 3.27. The molecule has 0 spiro atoms. The first-order chi connectivity index (χ1) is 10.8. The lowest BCUT2D eigenvalue weighted by Crippen LogP contribution is -2.27. The fourth-order valence-corrected chi connectivity index (χ4v) is 2.59. The molecule has 1 aliphatic rings. The quantitative estimate of drug-likeness (QED) is 0.919. The standard InChI is InChI=1S/C16H21N5O/c1-2-21-12-15(18-19-21)17-11-13-5-7-14(8-6-13)16(22)20-9-3-4-10-20/h5-8,12,17H,2-4,9-11H2,1H3. The van der Waals surface area contributed by atoms with Crippen LogP contribution in [0.5, 0.6) is 0 Å². The van der Waals surface area contributed by atoms with Crippen LogP contribution in [0.15, 0.2) is 30.5 Å². The van der Waals surface area contributed by atoms with Gasteiger partial charge in [0.25, 0.3) is 5.91 Å². The zero-order chi connectivity index (χ0) is 15.4. The second-order valence-corrected chi connectivity index (χ2v) is 5.51. The minimum absolute atomic E-state index is 0.142. The highest BCUT2D eigenvalue weighted by atomic mass is 16.2. The molecule has 1 amide bonds. The molecule has 6 nitrogen and oxygen atoms in total. The Kier molecular flexibility index (Phi) is 4.37. The molecule has 2 heterocycles. The van der Waals surface area contributed by atoms with E-state index in [0.717, 1.165) is 49.4 Å². The summed E-state index contributed by atoms with van der Waals surface area (Å²) in [5.41, 5.74) is 1.88. The molecule has 0 saturated carbocycles. The molecular formula is C16H21N5O. The zero-order valence-corrected chi connectivity index (χ0v) is 12.8. The lowest BCUT2D eigenvalue weighted by Gasteiger charge is -2.15. The van der Waals surface area contributed by atoms with Gasteiger partial charge in [-0.1, -0.05) is 17.3 Å². The lowest BCUT2D eigenvalue weighted by molar-refractivity contribution is 0.0793. The number of aryl methyl sites for hydroxylation is 1. The summed E-state index contributed by atoms with van der Waals surface area (Å²) in [7, 11) is 0. The van der Waals surface area contributed by atoms with Gasteiger partial charge in [0, 0.05) is 31.7 Å². The van der Waals surface area contributed by atoms with Crippen molar-refractivity contribution in [1.82, 2.24) is 19.9 Å². The molecule has 1 N–H and O–H groups in total. The first-order valence-electron chi connectivity index (χ1n) is 7.78. The van der Waals surface area contributed by atoms with Gasteiger partial charge in [0.1, 0.15) is 0 Å². The van der Waals surface area contributed by atoms with E-state index in [9.17, 15) is 4.79 Å². The van der Waals surface area contributed by atoms with Crippen molar-refractivity contribution in [2.24, 2.45) is 0 Å². The smallest absolute Gasteiger partial charge is 0.253 e. The van der Waals surface area contributed by atoms with E-state index < -0.39 is 0 Å². The van der Waals surface area contributed by atoms with E-state index in [-0.39, 0.29) is 5.91 Å². The van der Waals surface area contributed by atoms with Crippen LogP contribution in [0.2, 0.25) is 0 Å². The lowest BCUT2D eigenvalue weighted by atomic mass is 10.1. The monoisotopic (exact) mass is 299 g/mol. The number of nitrogens with one attached hydrogen (secondary N) is 1. The summed E-state index contributed by atoms with van der Waals surface area (Å²) in [6.45, 7) is 5.27. The minimum atomic E-state index is 0.142. The molecule has 1 aliphatic heterocycles. The first-order valence-corrected chi connectivity index (χ1v) is 7.78. The number of carbonyl (C=O) groups is 1. The first kappa shape index (κ1) is 14.6. The molecule has 6 heteroatoms. The van der Waals surface area contributed by atoms with Gasteiger partial charge in [-0.3, -0.25) is 9.48 Å². The average molecular weight is 299 g/mol. The number of nitrogens with zero attached hydrogens (tertiary/aromatic N) is 4. The summed E-state index contributed by atoms with van der Waals surface area (Å²) in [4.78, 5) is 14.2. The van der Waals surface area contributed by atoms with Crippen molar-refractivity contribution in [3.63, 3.8) is 0 Å². The Labute approximate surface area is 130 Å². The van der Waals surface area contributed by atoms with Crippen molar-refractivity contribution >= 4 is 11.7 Å². The summed E-state index contributed by atoms with van der Waals surface area (Å²) >= 11 is 0. The molecular weight excluding hydrogens is 278 g/mol. The van der Waals surface area contributed by atoms with Gasteiger partial charge in [-0.15, -0.1) is 5.10 Å². The molecule has 1 saturated heterocycles. The number of hydrogen-bond donors (Lipinski definition) is 1. The number of benzene rings is 1. The fraction of sp³-hybridized carbons (Fsp3) is 0.438. The van der Waals surface area contributed by atoms with Crippen molar-refractivity contribution in [3.05, 3.63) is 41.6 Å². The van der Waals surface area contributed by atoms with Crippen LogP contribution < -0.4 is 5.32 Å². The van der Waals surface area contributed by atoms with E-state index in [0.29, 0.717) is 6.54 Å². The molecule has 0 atom stereocenters. The fourth-order valence-electron chi connectivity index (χ4n) is 2.59. The Morgan fingerprint density at radius 3 is 2.59 bits per heavy atom. The summed E-state index contributed by atoms with van der Waals surface area (Å²) in [6, 6.07) is 7.78. The Morgan fingerprint density at radius 2 is 1.95 bits per heavy atom. The number of rotatable bonds is 5. The topological polar surface area (TPSA) is 63.1 Å². The maximum absolute atomic E-state index is 12.3. The normalized spacial score (nSPS) is 14.3. The largest absolute Gasteiger partial charge is 0.363 e. The highest BCUT2D eigenvalue weighted by Gasteiger charge is 2.19. The molecule has 1 aromatic heterocycles. The molecule has 22 heavy (non-hydrogen) atoms. The van der Waals surface area contributed by atoms with Crippen LogP contribution in [0.1, 0.15) is 35.7 Å². The van der Waals surface area contributed by atoms with E-state index >= 15 is 0 Å². The summed E-state index contributed by atoms with van der Waals surface area (Å²) < 4.78 is 1.78. The maximum atomic E-state index is 12.3.